The molecule has 0 aliphatic rings. The summed E-state index contributed by atoms with van der Waals surface area (Å²) >= 11 is 0. The highest BCUT2D eigenvalue weighted by Gasteiger charge is 2.17. The SMILES string of the molecule is Nc1cc2c3c(ccn2CCCO)c(O)nc3c1=O. The average Bonchev–Trinajstić information content (AvgIpc) is 2.73. The molecule has 1 aromatic carbocycles. The van der Waals surface area contributed by atoms with Gasteiger partial charge in [0, 0.05) is 30.1 Å². The van der Waals surface area contributed by atoms with Crippen LogP contribution in [-0.2, 0) is 6.54 Å². The number of benzene rings is 1. The van der Waals surface area contributed by atoms with Crippen LogP contribution in [0.5, 0.6) is 5.88 Å². The van der Waals surface area contributed by atoms with Crippen LogP contribution in [0.4, 0.5) is 5.69 Å². The molecule has 0 aliphatic heterocycles. The molecule has 0 fully saturated rings. The molecule has 0 aliphatic carbocycles. The predicted molar refractivity (Wildman–Crippen MR) is 72.5 cm³/mol. The number of nitrogens with two attached hydrogens (primary N) is 1. The van der Waals surface area contributed by atoms with Gasteiger partial charge < -0.3 is 20.5 Å². The number of aromatic nitrogens is 2. The summed E-state index contributed by atoms with van der Waals surface area (Å²) in [5.41, 5.74) is 6.38. The molecule has 0 saturated heterocycles. The van der Waals surface area contributed by atoms with Crippen LogP contribution in [0.3, 0.4) is 0 Å². The van der Waals surface area contributed by atoms with Gasteiger partial charge in [-0.05, 0) is 18.6 Å². The molecule has 0 unspecified atom stereocenters. The Morgan fingerprint density at radius 2 is 2.21 bits per heavy atom. The largest absolute Gasteiger partial charge is 0.493 e. The normalized spacial score (nSPS) is 11.6. The van der Waals surface area contributed by atoms with Crippen LogP contribution < -0.4 is 11.2 Å². The fourth-order valence-electron chi connectivity index (χ4n) is 2.37. The van der Waals surface area contributed by atoms with Gasteiger partial charge >= 0.3 is 0 Å². The number of pyridine rings is 1. The van der Waals surface area contributed by atoms with Crippen molar-refractivity contribution in [1.82, 2.24) is 9.55 Å². The summed E-state index contributed by atoms with van der Waals surface area (Å²) in [5.74, 6) is -0.156. The van der Waals surface area contributed by atoms with Gasteiger partial charge in [-0.1, -0.05) is 0 Å². The average molecular weight is 259 g/mol. The van der Waals surface area contributed by atoms with E-state index in [1.54, 1.807) is 18.3 Å². The molecule has 3 rings (SSSR count). The van der Waals surface area contributed by atoms with E-state index in [-0.39, 0.29) is 29.1 Å². The van der Waals surface area contributed by atoms with Gasteiger partial charge in [0.25, 0.3) is 0 Å². The minimum Gasteiger partial charge on any atom is -0.493 e. The van der Waals surface area contributed by atoms with Gasteiger partial charge in [0.2, 0.25) is 11.3 Å². The Bertz CT molecular complexity index is 810. The zero-order valence-electron chi connectivity index (χ0n) is 10.1. The molecule has 19 heavy (non-hydrogen) atoms. The van der Waals surface area contributed by atoms with E-state index >= 15 is 0 Å². The molecule has 0 atom stereocenters. The molecular weight excluding hydrogens is 246 g/mol. The summed E-state index contributed by atoms with van der Waals surface area (Å²) in [4.78, 5) is 15.8. The second kappa shape index (κ2) is 4.10. The van der Waals surface area contributed by atoms with Crippen molar-refractivity contribution in [3.63, 3.8) is 0 Å². The van der Waals surface area contributed by atoms with Crippen molar-refractivity contribution in [2.75, 3.05) is 12.3 Å². The number of anilines is 1. The smallest absolute Gasteiger partial charge is 0.227 e. The van der Waals surface area contributed by atoms with E-state index in [0.29, 0.717) is 23.7 Å². The molecular formula is C13H13N3O3. The van der Waals surface area contributed by atoms with Crippen LogP contribution in [0.25, 0.3) is 21.8 Å². The molecule has 6 nitrogen and oxygen atoms in total. The lowest BCUT2D eigenvalue weighted by Crippen LogP contribution is -2.10. The standard InChI is InChI=1S/C13H13N3O3/c14-8-6-9-10-7(2-4-16(9)3-1-5-17)13(19)15-11(10)12(8)18/h2,4,6,17,19H,1,3,5,14H2. The number of aliphatic hydroxyl groups is 1. The molecule has 4 N–H and O–H groups in total. The van der Waals surface area contributed by atoms with Crippen molar-refractivity contribution >= 4 is 27.5 Å². The third-order valence-electron chi connectivity index (χ3n) is 3.28. The zero-order chi connectivity index (χ0) is 13.6. The highest BCUT2D eigenvalue weighted by molar-refractivity contribution is 6.11. The monoisotopic (exact) mass is 259 g/mol. The Labute approximate surface area is 108 Å². The van der Waals surface area contributed by atoms with Crippen molar-refractivity contribution in [1.29, 1.82) is 0 Å². The molecule has 2 heterocycles. The summed E-state index contributed by atoms with van der Waals surface area (Å²) in [5, 5.41) is 19.8. The van der Waals surface area contributed by atoms with Gasteiger partial charge in [-0.2, -0.15) is 0 Å². The van der Waals surface area contributed by atoms with E-state index in [1.165, 1.54) is 0 Å². The van der Waals surface area contributed by atoms with Crippen LogP contribution in [0.2, 0.25) is 0 Å². The summed E-state index contributed by atoms with van der Waals surface area (Å²) in [6, 6.07) is 3.31. The number of aliphatic hydroxyl groups excluding tert-OH is 1. The topological polar surface area (TPSA) is 101 Å². The van der Waals surface area contributed by atoms with Gasteiger partial charge in [-0.25, -0.2) is 4.98 Å². The first-order valence-electron chi connectivity index (χ1n) is 5.98. The third-order valence-corrected chi connectivity index (χ3v) is 3.28. The maximum atomic E-state index is 11.9. The molecule has 98 valence electrons. The van der Waals surface area contributed by atoms with Crippen LogP contribution in [0.1, 0.15) is 6.42 Å². The Balaban J connectivity index is 2.41. The van der Waals surface area contributed by atoms with E-state index in [9.17, 15) is 9.90 Å². The molecule has 0 spiro atoms. The van der Waals surface area contributed by atoms with Gasteiger partial charge in [0.1, 0.15) is 5.52 Å². The lowest BCUT2D eigenvalue weighted by atomic mass is 10.1. The number of hydrogen-bond acceptors (Lipinski definition) is 5. The molecule has 3 aromatic rings. The fourth-order valence-corrected chi connectivity index (χ4v) is 2.37. The first-order chi connectivity index (χ1) is 9.13. The molecule has 0 radical (unpaired) electrons. The molecule has 0 bridgehead atoms. The van der Waals surface area contributed by atoms with Crippen molar-refractivity contribution < 1.29 is 10.2 Å². The quantitative estimate of drug-likeness (QED) is 0.600. The Morgan fingerprint density at radius 1 is 1.42 bits per heavy atom. The minimum atomic E-state index is -0.363. The Hall–Kier alpha value is -2.34. The third kappa shape index (κ3) is 1.61. The molecule has 0 saturated carbocycles. The maximum absolute atomic E-state index is 11.9. The number of nitrogens with zero attached hydrogens (tertiary/aromatic N) is 2. The number of hydrogen-bond donors (Lipinski definition) is 3. The van der Waals surface area contributed by atoms with Gasteiger partial charge in [0.15, 0.2) is 0 Å². The summed E-state index contributed by atoms with van der Waals surface area (Å²) in [6.45, 7) is 0.686. The Kier molecular flexibility index (Phi) is 2.53. The molecule has 2 aromatic heterocycles. The van der Waals surface area contributed by atoms with Crippen molar-refractivity contribution in [2.45, 2.75) is 13.0 Å². The van der Waals surface area contributed by atoms with E-state index in [2.05, 4.69) is 4.98 Å². The van der Waals surface area contributed by atoms with Crippen molar-refractivity contribution in [3.05, 3.63) is 28.6 Å². The fraction of sp³-hybridized carbons (Fsp3) is 0.231. The maximum Gasteiger partial charge on any atom is 0.227 e. The molecule has 0 amide bonds. The Morgan fingerprint density at radius 3 is 2.95 bits per heavy atom. The second-order valence-corrected chi connectivity index (χ2v) is 4.47. The zero-order valence-corrected chi connectivity index (χ0v) is 10.1. The first-order valence-corrected chi connectivity index (χ1v) is 5.98. The number of rotatable bonds is 3. The number of aromatic hydroxyl groups is 1. The molecule has 6 heteroatoms. The minimum absolute atomic E-state index is 0.0833. The van der Waals surface area contributed by atoms with E-state index in [0.717, 1.165) is 5.52 Å². The van der Waals surface area contributed by atoms with Crippen LogP contribution in [0.15, 0.2) is 23.1 Å². The summed E-state index contributed by atoms with van der Waals surface area (Å²) < 4.78 is 1.89. The highest BCUT2D eigenvalue weighted by atomic mass is 16.3. The lowest BCUT2D eigenvalue weighted by Gasteiger charge is -2.10. The highest BCUT2D eigenvalue weighted by Crippen LogP contribution is 2.32. The van der Waals surface area contributed by atoms with Gasteiger partial charge in [0.05, 0.1) is 11.2 Å². The number of aryl methyl sites for hydroxylation is 1. The first kappa shape index (κ1) is 11.7. The van der Waals surface area contributed by atoms with Crippen molar-refractivity contribution in [2.24, 2.45) is 0 Å². The number of nitrogen functional groups attached to an aromatic ring is 1. The van der Waals surface area contributed by atoms with E-state index < -0.39 is 0 Å². The predicted octanol–water partition coefficient (Wildman–Crippen LogP) is 0.658. The van der Waals surface area contributed by atoms with Crippen LogP contribution in [0, 0.1) is 0 Å². The van der Waals surface area contributed by atoms with E-state index in [4.69, 9.17) is 10.8 Å². The second-order valence-electron chi connectivity index (χ2n) is 4.47. The van der Waals surface area contributed by atoms with E-state index in [1.807, 2.05) is 4.57 Å². The van der Waals surface area contributed by atoms with Crippen LogP contribution in [-0.4, -0.2) is 26.4 Å². The van der Waals surface area contributed by atoms with Crippen molar-refractivity contribution in [3.8, 4) is 5.88 Å². The lowest BCUT2D eigenvalue weighted by molar-refractivity contribution is 0.280. The van der Waals surface area contributed by atoms with Gasteiger partial charge in [-0.3, -0.25) is 4.79 Å². The summed E-state index contributed by atoms with van der Waals surface area (Å²) in [6.07, 6.45) is 2.39. The summed E-state index contributed by atoms with van der Waals surface area (Å²) in [7, 11) is 0. The van der Waals surface area contributed by atoms with Gasteiger partial charge in [-0.15, -0.1) is 0 Å². The van der Waals surface area contributed by atoms with Crippen LogP contribution >= 0.6 is 0 Å².